The summed E-state index contributed by atoms with van der Waals surface area (Å²) in [5.41, 5.74) is 3.87. The molecule has 1 aromatic carbocycles. The van der Waals surface area contributed by atoms with Crippen molar-refractivity contribution in [2.45, 2.75) is 12.5 Å². The van der Waals surface area contributed by atoms with Crippen molar-refractivity contribution in [3.05, 3.63) is 23.5 Å². The first-order valence-corrected chi connectivity index (χ1v) is 6.94. The summed E-state index contributed by atoms with van der Waals surface area (Å²) in [4.78, 5) is 11.1. The minimum absolute atomic E-state index is 0.138. The van der Waals surface area contributed by atoms with Crippen LogP contribution in [0.2, 0.25) is 0 Å². The van der Waals surface area contributed by atoms with Crippen molar-refractivity contribution in [2.75, 3.05) is 29.6 Å². The number of nitrogen functional groups attached to an aromatic ring is 1. The zero-order valence-corrected chi connectivity index (χ0v) is 11.6. The van der Waals surface area contributed by atoms with Gasteiger partial charge in [0, 0.05) is 12.3 Å². The van der Waals surface area contributed by atoms with Crippen LogP contribution in [0.5, 0.6) is 0 Å². The van der Waals surface area contributed by atoms with Gasteiger partial charge >= 0.3 is 5.97 Å². The standard InChI is InChI=1S/C12H17FN2O3S/c1-12(18,6-19-2)5-15-8-4-3-7(13)10(14)9(8)11(16)17/h3-4,15,18H,5-6,14H2,1-2H3,(H,16,17). The van der Waals surface area contributed by atoms with E-state index in [1.807, 2.05) is 6.26 Å². The third kappa shape index (κ3) is 4.00. The molecule has 0 aliphatic carbocycles. The van der Waals surface area contributed by atoms with Gasteiger partial charge in [0.05, 0.1) is 17.0 Å². The number of anilines is 2. The predicted octanol–water partition coefficient (Wildman–Crippen LogP) is 1.63. The Hall–Kier alpha value is -1.47. The van der Waals surface area contributed by atoms with Crippen molar-refractivity contribution < 1.29 is 19.4 Å². The van der Waals surface area contributed by atoms with Crippen LogP contribution < -0.4 is 11.1 Å². The van der Waals surface area contributed by atoms with E-state index in [1.54, 1.807) is 6.92 Å². The first-order valence-electron chi connectivity index (χ1n) is 5.55. The molecule has 0 radical (unpaired) electrons. The molecule has 1 aromatic rings. The number of carboxylic acids is 1. The Balaban J connectivity index is 2.96. The van der Waals surface area contributed by atoms with E-state index in [2.05, 4.69) is 5.32 Å². The average Bonchev–Trinajstić information content (AvgIpc) is 2.30. The highest BCUT2D eigenvalue weighted by Crippen LogP contribution is 2.25. The first kappa shape index (κ1) is 15.6. The lowest BCUT2D eigenvalue weighted by Gasteiger charge is -2.24. The molecule has 0 bridgehead atoms. The van der Waals surface area contributed by atoms with Gasteiger partial charge in [0.2, 0.25) is 0 Å². The lowest BCUT2D eigenvalue weighted by molar-refractivity contribution is 0.0697. The molecule has 5 N–H and O–H groups in total. The van der Waals surface area contributed by atoms with Crippen LogP contribution >= 0.6 is 11.8 Å². The van der Waals surface area contributed by atoms with Gasteiger partial charge in [0.15, 0.2) is 0 Å². The van der Waals surface area contributed by atoms with Gasteiger partial charge in [-0.15, -0.1) is 0 Å². The maximum absolute atomic E-state index is 13.2. The molecule has 0 saturated heterocycles. The van der Waals surface area contributed by atoms with Crippen molar-refractivity contribution in [3.63, 3.8) is 0 Å². The third-order valence-corrected chi connectivity index (χ3v) is 3.43. The Morgan fingerprint density at radius 2 is 2.21 bits per heavy atom. The van der Waals surface area contributed by atoms with E-state index in [-0.39, 0.29) is 17.8 Å². The topological polar surface area (TPSA) is 95.6 Å². The zero-order valence-electron chi connectivity index (χ0n) is 10.7. The monoisotopic (exact) mass is 288 g/mol. The van der Waals surface area contributed by atoms with E-state index in [0.717, 1.165) is 6.07 Å². The van der Waals surface area contributed by atoms with Crippen molar-refractivity contribution in [3.8, 4) is 0 Å². The molecule has 1 atom stereocenters. The highest BCUT2D eigenvalue weighted by molar-refractivity contribution is 7.98. The fourth-order valence-corrected chi connectivity index (χ4v) is 2.34. The lowest BCUT2D eigenvalue weighted by atomic mass is 10.1. The number of hydrogen-bond acceptors (Lipinski definition) is 5. The number of halogens is 1. The Kier molecular flexibility index (Phi) is 5.02. The van der Waals surface area contributed by atoms with Gasteiger partial charge in [-0.1, -0.05) is 0 Å². The molecule has 1 rings (SSSR count). The van der Waals surface area contributed by atoms with Crippen LogP contribution in [-0.2, 0) is 0 Å². The minimum Gasteiger partial charge on any atom is -0.478 e. The summed E-state index contributed by atoms with van der Waals surface area (Å²) in [7, 11) is 0. The van der Waals surface area contributed by atoms with Crippen molar-refractivity contribution in [1.29, 1.82) is 0 Å². The summed E-state index contributed by atoms with van der Waals surface area (Å²) < 4.78 is 13.2. The first-order chi connectivity index (χ1) is 8.78. The second kappa shape index (κ2) is 6.12. The van der Waals surface area contributed by atoms with Crippen LogP contribution in [-0.4, -0.2) is 40.3 Å². The Morgan fingerprint density at radius 1 is 1.58 bits per heavy atom. The van der Waals surface area contributed by atoms with Gasteiger partial charge in [-0.2, -0.15) is 11.8 Å². The van der Waals surface area contributed by atoms with Crippen LogP contribution in [0.4, 0.5) is 15.8 Å². The minimum atomic E-state index is -1.32. The van der Waals surface area contributed by atoms with Crippen molar-refractivity contribution in [2.24, 2.45) is 0 Å². The van der Waals surface area contributed by atoms with Crippen LogP contribution in [0, 0.1) is 5.82 Å². The quantitative estimate of drug-likeness (QED) is 0.594. The predicted molar refractivity (Wildman–Crippen MR) is 75.3 cm³/mol. The maximum atomic E-state index is 13.2. The molecule has 5 nitrogen and oxygen atoms in total. The van der Waals surface area contributed by atoms with Crippen molar-refractivity contribution in [1.82, 2.24) is 0 Å². The molecule has 106 valence electrons. The highest BCUT2D eigenvalue weighted by atomic mass is 32.2. The number of carboxylic acid groups (broad SMARTS) is 1. The Labute approximate surface area is 115 Å². The van der Waals surface area contributed by atoms with E-state index in [9.17, 15) is 14.3 Å². The fraction of sp³-hybridized carbons (Fsp3) is 0.417. The van der Waals surface area contributed by atoms with E-state index in [1.165, 1.54) is 17.8 Å². The summed E-state index contributed by atoms with van der Waals surface area (Å²) in [6, 6.07) is 2.39. The van der Waals surface area contributed by atoms with Gasteiger partial charge < -0.3 is 21.3 Å². The second-order valence-corrected chi connectivity index (χ2v) is 5.34. The molecule has 1 unspecified atom stereocenters. The van der Waals surface area contributed by atoms with Crippen LogP contribution in [0.1, 0.15) is 17.3 Å². The SMILES string of the molecule is CSCC(C)(O)CNc1ccc(F)c(N)c1C(=O)O. The summed E-state index contributed by atoms with van der Waals surface area (Å²) in [5.74, 6) is -1.61. The molecule has 7 heteroatoms. The zero-order chi connectivity index (χ0) is 14.6. The molecule has 0 aliphatic rings. The summed E-state index contributed by atoms with van der Waals surface area (Å²) in [6.45, 7) is 1.77. The third-order valence-electron chi connectivity index (χ3n) is 2.52. The molecular weight excluding hydrogens is 271 g/mol. The molecule has 0 aliphatic heterocycles. The fourth-order valence-electron chi connectivity index (χ4n) is 1.62. The number of benzene rings is 1. The molecule has 0 spiro atoms. The number of rotatable bonds is 6. The highest BCUT2D eigenvalue weighted by Gasteiger charge is 2.22. The maximum Gasteiger partial charge on any atom is 0.340 e. The number of hydrogen-bond donors (Lipinski definition) is 4. The van der Waals surface area contributed by atoms with Crippen LogP contribution in [0.3, 0.4) is 0 Å². The van der Waals surface area contributed by atoms with Gasteiger partial charge in [0.25, 0.3) is 0 Å². The van der Waals surface area contributed by atoms with Crippen molar-refractivity contribution >= 4 is 29.1 Å². The number of thioether (sulfide) groups is 1. The van der Waals surface area contributed by atoms with Gasteiger partial charge in [-0.25, -0.2) is 9.18 Å². The largest absolute Gasteiger partial charge is 0.478 e. The number of carbonyl (C=O) groups is 1. The van der Waals surface area contributed by atoms with Crippen LogP contribution in [0.15, 0.2) is 12.1 Å². The number of aromatic carboxylic acids is 1. The number of nitrogens with one attached hydrogen (secondary N) is 1. The van der Waals surface area contributed by atoms with E-state index in [4.69, 9.17) is 10.8 Å². The van der Waals surface area contributed by atoms with Gasteiger partial charge in [-0.3, -0.25) is 0 Å². The Morgan fingerprint density at radius 3 is 2.74 bits per heavy atom. The molecule has 0 saturated carbocycles. The number of aliphatic hydroxyl groups is 1. The Bertz CT molecular complexity index is 480. The summed E-state index contributed by atoms with van der Waals surface area (Å²) in [6.07, 6.45) is 1.85. The molecule has 0 aromatic heterocycles. The summed E-state index contributed by atoms with van der Waals surface area (Å²) in [5, 5.41) is 21.8. The van der Waals surface area contributed by atoms with E-state index < -0.39 is 23.1 Å². The normalized spacial score (nSPS) is 13.9. The molecule has 0 fully saturated rings. The van der Waals surface area contributed by atoms with Gasteiger partial charge in [-0.05, 0) is 25.3 Å². The molecule has 0 amide bonds. The van der Waals surface area contributed by atoms with E-state index in [0.29, 0.717) is 5.75 Å². The second-order valence-electron chi connectivity index (χ2n) is 4.47. The molecule has 0 heterocycles. The molecule has 19 heavy (non-hydrogen) atoms. The van der Waals surface area contributed by atoms with E-state index >= 15 is 0 Å². The number of nitrogens with two attached hydrogens (primary N) is 1. The summed E-state index contributed by atoms with van der Waals surface area (Å²) >= 11 is 1.47. The lowest BCUT2D eigenvalue weighted by Crippen LogP contribution is -2.36. The van der Waals surface area contributed by atoms with Crippen LogP contribution in [0.25, 0.3) is 0 Å². The molecular formula is C12H17FN2O3S. The smallest absolute Gasteiger partial charge is 0.340 e. The van der Waals surface area contributed by atoms with Gasteiger partial charge in [0.1, 0.15) is 11.4 Å². The average molecular weight is 288 g/mol.